The van der Waals surface area contributed by atoms with Gasteiger partial charge in [-0.3, -0.25) is 4.79 Å². The molecule has 5 nitrogen and oxygen atoms in total. The number of ether oxygens (including phenoxy) is 1. The molecule has 1 amide bonds. The predicted octanol–water partition coefficient (Wildman–Crippen LogP) is 3.80. The summed E-state index contributed by atoms with van der Waals surface area (Å²) in [7, 11) is 1.95. The van der Waals surface area contributed by atoms with E-state index in [0.717, 1.165) is 60.3 Å². The molecule has 0 radical (unpaired) electrons. The fourth-order valence-electron chi connectivity index (χ4n) is 4.50. The van der Waals surface area contributed by atoms with E-state index in [9.17, 15) is 9.18 Å². The number of fused-ring (bicyclic) bond motifs is 2. The van der Waals surface area contributed by atoms with E-state index in [1.54, 1.807) is 6.07 Å². The van der Waals surface area contributed by atoms with Crippen LogP contribution in [0.5, 0.6) is 5.75 Å². The summed E-state index contributed by atoms with van der Waals surface area (Å²) in [5.41, 5.74) is 4.41. The highest BCUT2D eigenvalue weighted by Crippen LogP contribution is 2.32. The molecule has 0 N–H and O–H groups in total. The summed E-state index contributed by atoms with van der Waals surface area (Å²) in [5.74, 6) is 1.33. The van der Waals surface area contributed by atoms with Gasteiger partial charge in [-0.1, -0.05) is 6.07 Å². The molecule has 29 heavy (non-hydrogen) atoms. The van der Waals surface area contributed by atoms with E-state index in [2.05, 4.69) is 4.98 Å². The standard InChI is InChI=1S/C23H24FN3O2/c1-14-25-22-20(26(14)2)12-17(23(28)27-7-3-4-8-27)13-21(22)29-19-10-15-5-6-18(24)9-16(15)11-19/h5-6,9,12-13,19H,3-4,7-8,10-11H2,1-2H3. The van der Waals surface area contributed by atoms with Gasteiger partial charge in [0, 0.05) is 38.5 Å². The largest absolute Gasteiger partial charge is 0.487 e. The van der Waals surface area contributed by atoms with Gasteiger partial charge in [0.2, 0.25) is 0 Å². The molecule has 0 saturated carbocycles. The number of hydrogen-bond donors (Lipinski definition) is 0. The van der Waals surface area contributed by atoms with Crippen LogP contribution >= 0.6 is 0 Å². The van der Waals surface area contributed by atoms with Crippen LogP contribution in [0.15, 0.2) is 30.3 Å². The maximum Gasteiger partial charge on any atom is 0.254 e. The number of carbonyl (C=O) groups excluding carboxylic acids is 1. The lowest BCUT2D eigenvalue weighted by Crippen LogP contribution is -2.27. The molecule has 1 atom stereocenters. The number of hydrogen-bond acceptors (Lipinski definition) is 3. The molecule has 2 heterocycles. The molecule has 5 rings (SSSR count). The molecule has 6 heteroatoms. The summed E-state index contributed by atoms with van der Waals surface area (Å²) in [6, 6.07) is 8.67. The normalized spacial score (nSPS) is 18.4. The van der Waals surface area contributed by atoms with Gasteiger partial charge in [-0.05, 0) is 55.2 Å². The van der Waals surface area contributed by atoms with Crippen molar-refractivity contribution in [3.63, 3.8) is 0 Å². The first-order valence-electron chi connectivity index (χ1n) is 10.2. The number of carbonyl (C=O) groups is 1. The third-order valence-electron chi connectivity index (χ3n) is 6.17. The molecular formula is C23H24FN3O2. The van der Waals surface area contributed by atoms with Crippen LogP contribution in [0.3, 0.4) is 0 Å². The zero-order chi connectivity index (χ0) is 20.1. The SMILES string of the molecule is Cc1nc2c(OC3Cc4ccc(F)cc4C3)cc(C(=O)N3CCCC3)cc2n1C. The number of aromatic nitrogens is 2. The summed E-state index contributed by atoms with van der Waals surface area (Å²) in [5, 5.41) is 0. The number of halogens is 1. The minimum atomic E-state index is -0.217. The second-order valence-electron chi connectivity index (χ2n) is 8.12. The highest BCUT2D eigenvalue weighted by molar-refractivity contribution is 5.99. The van der Waals surface area contributed by atoms with Crippen molar-refractivity contribution in [3.8, 4) is 5.75 Å². The minimum absolute atomic E-state index is 0.0462. The molecule has 1 aromatic heterocycles. The first kappa shape index (κ1) is 18.2. The minimum Gasteiger partial charge on any atom is -0.487 e. The van der Waals surface area contributed by atoms with Crippen LogP contribution < -0.4 is 4.74 Å². The molecule has 2 aliphatic rings. The lowest BCUT2D eigenvalue weighted by molar-refractivity contribution is 0.0792. The van der Waals surface area contributed by atoms with Crippen molar-refractivity contribution in [2.24, 2.45) is 7.05 Å². The average Bonchev–Trinajstić information content (AvgIpc) is 3.42. The predicted molar refractivity (Wildman–Crippen MR) is 109 cm³/mol. The maximum atomic E-state index is 13.6. The Morgan fingerprint density at radius 2 is 1.90 bits per heavy atom. The van der Waals surface area contributed by atoms with Crippen LogP contribution in [0.2, 0.25) is 0 Å². The Morgan fingerprint density at radius 1 is 1.14 bits per heavy atom. The Morgan fingerprint density at radius 3 is 2.69 bits per heavy atom. The Bertz CT molecular complexity index is 1110. The highest BCUT2D eigenvalue weighted by atomic mass is 19.1. The molecular weight excluding hydrogens is 369 g/mol. The monoisotopic (exact) mass is 393 g/mol. The van der Waals surface area contributed by atoms with Crippen molar-refractivity contribution < 1.29 is 13.9 Å². The molecule has 1 unspecified atom stereocenters. The van der Waals surface area contributed by atoms with Crippen molar-refractivity contribution in [2.75, 3.05) is 13.1 Å². The molecule has 3 aromatic rings. The van der Waals surface area contributed by atoms with Crippen LogP contribution in [0.25, 0.3) is 11.0 Å². The van der Waals surface area contributed by atoms with E-state index in [0.29, 0.717) is 17.7 Å². The first-order valence-corrected chi connectivity index (χ1v) is 10.2. The van der Waals surface area contributed by atoms with E-state index in [-0.39, 0.29) is 17.8 Å². The highest BCUT2D eigenvalue weighted by Gasteiger charge is 2.27. The van der Waals surface area contributed by atoms with Crippen LogP contribution in [0.4, 0.5) is 4.39 Å². The average molecular weight is 393 g/mol. The summed E-state index contributed by atoms with van der Waals surface area (Å²) >= 11 is 0. The van der Waals surface area contributed by atoms with Gasteiger partial charge in [0.15, 0.2) is 0 Å². The first-order chi connectivity index (χ1) is 14.0. The zero-order valence-corrected chi connectivity index (χ0v) is 16.7. The van der Waals surface area contributed by atoms with Crippen LogP contribution in [-0.2, 0) is 19.9 Å². The molecule has 150 valence electrons. The van der Waals surface area contributed by atoms with Gasteiger partial charge in [-0.25, -0.2) is 9.37 Å². The second kappa shape index (κ2) is 6.87. The van der Waals surface area contributed by atoms with E-state index in [1.807, 2.05) is 41.6 Å². The topological polar surface area (TPSA) is 47.4 Å². The van der Waals surface area contributed by atoms with E-state index < -0.39 is 0 Å². The Labute approximate surface area is 169 Å². The lowest BCUT2D eigenvalue weighted by Gasteiger charge is -2.18. The van der Waals surface area contributed by atoms with E-state index in [4.69, 9.17) is 4.74 Å². The van der Waals surface area contributed by atoms with E-state index >= 15 is 0 Å². The number of nitrogens with zero attached hydrogens (tertiary/aromatic N) is 3. The maximum absolute atomic E-state index is 13.6. The van der Waals surface area contributed by atoms with Gasteiger partial charge in [0.05, 0.1) is 5.52 Å². The molecule has 1 fully saturated rings. The van der Waals surface area contributed by atoms with Gasteiger partial charge in [-0.2, -0.15) is 0 Å². The number of likely N-dealkylation sites (tertiary alicyclic amines) is 1. The van der Waals surface area contributed by atoms with E-state index in [1.165, 1.54) is 6.07 Å². The number of rotatable bonds is 3. The summed E-state index contributed by atoms with van der Waals surface area (Å²) in [6.45, 7) is 3.56. The van der Waals surface area contributed by atoms with Crippen molar-refractivity contribution in [3.05, 3.63) is 58.7 Å². The van der Waals surface area contributed by atoms with Gasteiger partial charge in [-0.15, -0.1) is 0 Å². The third-order valence-corrected chi connectivity index (χ3v) is 6.17. The number of amides is 1. The molecule has 1 aliphatic carbocycles. The van der Waals surface area contributed by atoms with Gasteiger partial charge < -0.3 is 14.2 Å². The Hall–Kier alpha value is -2.89. The van der Waals surface area contributed by atoms with Gasteiger partial charge in [0.1, 0.15) is 29.0 Å². The number of aryl methyl sites for hydroxylation is 2. The Kier molecular flexibility index (Phi) is 4.30. The van der Waals surface area contributed by atoms with Crippen LogP contribution in [-0.4, -0.2) is 39.6 Å². The van der Waals surface area contributed by atoms with Gasteiger partial charge in [0.25, 0.3) is 5.91 Å². The third kappa shape index (κ3) is 3.16. The summed E-state index contributed by atoms with van der Waals surface area (Å²) < 4.78 is 21.9. The second-order valence-corrected chi connectivity index (χ2v) is 8.12. The number of imidazole rings is 1. The summed E-state index contributed by atoms with van der Waals surface area (Å²) in [6.07, 6.45) is 3.41. The Balaban J connectivity index is 1.50. The molecule has 0 spiro atoms. The van der Waals surface area contributed by atoms with Crippen LogP contribution in [0.1, 0.15) is 40.2 Å². The molecule has 0 bridgehead atoms. The smallest absolute Gasteiger partial charge is 0.254 e. The lowest BCUT2D eigenvalue weighted by atomic mass is 10.1. The fraction of sp³-hybridized carbons (Fsp3) is 0.391. The van der Waals surface area contributed by atoms with Gasteiger partial charge >= 0.3 is 0 Å². The van der Waals surface area contributed by atoms with Crippen molar-refractivity contribution in [1.29, 1.82) is 0 Å². The van der Waals surface area contributed by atoms with Crippen molar-refractivity contribution >= 4 is 16.9 Å². The number of benzene rings is 2. The molecule has 1 saturated heterocycles. The van der Waals surface area contributed by atoms with Crippen molar-refractivity contribution in [2.45, 2.75) is 38.7 Å². The fourth-order valence-corrected chi connectivity index (χ4v) is 4.50. The summed E-state index contributed by atoms with van der Waals surface area (Å²) in [4.78, 5) is 19.6. The quantitative estimate of drug-likeness (QED) is 0.680. The molecule has 1 aliphatic heterocycles. The molecule has 2 aromatic carbocycles. The van der Waals surface area contributed by atoms with Crippen LogP contribution in [0, 0.1) is 12.7 Å². The van der Waals surface area contributed by atoms with Crippen molar-refractivity contribution in [1.82, 2.24) is 14.5 Å². The zero-order valence-electron chi connectivity index (χ0n) is 16.7.